The molecule has 2 aromatic rings. The van der Waals surface area contributed by atoms with E-state index >= 15 is 0 Å². The summed E-state index contributed by atoms with van der Waals surface area (Å²) >= 11 is 7.47. The number of halogens is 3. The lowest BCUT2D eigenvalue weighted by Crippen LogP contribution is -2.13. The average molecular weight is 366 g/mol. The van der Waals surface area contributed by atoms with Gasteiger partial charge in [-0.05, 0) is 40.8 Å². The minimum atomic E-state index is -0.504. The van der Waals surface area contributed by atoms with Gasteiger partial charge in [-0.15, -0.1) is 0 Å². The standard InChI is InChI=1S/C10H6ClFIN3O/c11-5-1-2-7(6(12)3-5)16-9-8(13)10(17)15-4-14-9/h1-4H,(H2,14,15,16,17). The lowest BCUT2D eigenvalue weighted by molar-refractivity contribution is 0.632. The summed E-state index contributed by atoms with van der Waals surface area (Å²) in [5, 5.41) is 3.04. The fourth-order valence-electron chi connectivity index (χ4n) is 1.19. The summed E-state index contributed by atoms with van der Waals surface area (Å²) in [6.07, 6.45) is 1.25. The van der Waals surface area contributed by atoms with Crippen LogP contribution < -0.4 is 10.9 Å². The van der Waals surface area contributed by atoms with Gasteiger partial charge in [-0.1, -0.05) is 11.6 Å². The lowest BCUT2D eigenvalue weighted by atomic mass is 10.3. The van der Waals surface area contributed by atoms with Gasteiger partial charge in [-0.2, -0.15) is 0 Å². The van der Waals surface area contributed by atoms with Crippen LogP contribution >= 0.6 is 34.2 Å². The molecule has 0 atom stereocenters. The number of nitrogens with one attached hydrogen (secondary N) is 2. The molecule has 2 N–H and O–H groups in total. The number of aromatic amines is 1. The first-order valence-corrected chi connectivity index (χ1v) is 5.99. The molecule has 0 aliphatic carbocycles. The molecule has 0 saturated carbocycles. The van der Waals surface area contributed by atoms with E-state index < -0.39 is 5.82 Å². The normalized spacial score (nSPS) is 10.3. The molecule has 1 aromatic heterocycles. The third-order valence-electron chi connectivity index (χ3n) is 1.98. The molecule has 0 saturated heterocycles. The van der Waals surface area contributed by atoms with Crippen molar-refractivity contribution in [1.82, 2.24) is 9.97 Å². The van der Waals surface area contributed by atoms with E-state index in [2.05, 4.69) is 15.3 Å². The number of hydrogen-bond acceptors (Lipinski definition) is 3. The van der Waals surface area contributed by atoms with Crippen LogP contribution in [0.15, 0.2) is 29.3 Å². The number of anilines is 2. The summed E-state index contributed by atoms with van der Waals surface area (Å²) in [7, 11) is 0. The molecule has 88 valence electrons. The van der Waals surface area contributed by atoms with Crippen LogP contribution in [0.5, 0.6) is 0 Å². The van der Waals surface area contributed by atoms with Gasteiger partial charge in [0.1, 0.15) is 9.39 Å². The molecule has 7 heteroatoms. The molecule has 0 fully saturated rings. The molecule has 17 heavy (non-hydrogen) atoms. The summed E-state index contributed by atoms with van der Waals surface area (Å²) < 4.78 is 13.9. The highest BCUT2D eigenvalue weighted by molar-refractivity contribution is 14.1. The zero-order valence-electron chi connectivity index (χ0n) is 8.30. The topological polar surface area (TPSA) is 57.8 Å². The van der Waals surface area contributed by atoms with Crippen molar-refractivity contribution in [2.75, 3.05) is 5.32 Å². The lowest BCUT2D eigenvalue weighted by Gasteiger charge is -2.07. The molecule has 2 rings (SSSR count). The van der Waals surface area contributed by atoms with Crippen molar-refractivity contribution in [3.8, 4) is 0 Å². The van der Waals surface area contributed by atoms with E-state index in [4.69, 9.17) is 11.6 Å². The largest absolute Gasteiger partial charge is 0.337 e. The Bertz CT molecular complexity index is 617. The minimum absolute atomic E-state index is 0.213. The molecule has 1 aromatic carbocycles. The van der Waals surface area contributed by atoms with Crippen molar-refractivity contribution < 1.29 is 4.39 Å². The molecule has 1 heterocycles. The molecule has 0 amide bonds. The van der Waals surface area contributed by atoms with Gasteiger partial charge < -0.3 is 10.3 Å². The van der Waals surface area contributed by atoms with E-state index in [0.29, 0.717) is 14.4 Å². The van der Waals surface area contributed by atoms with Crippen LogP contribution in [0.1, 0.15) is 0 Å². The van der Waals surface area contributed by atoms with E-state index in [9.17, 15) is 9.18 Å². The number of benzene rings is 1. The first-order valence-electron chi connectivity index (χ1n) is 4.53. The zero-order valence-corrected chi connectivity index (χ0v) is 11.2. The molecule has 0 spiro atoms. The SMILES string of the molecule is O=c1[nH]cnc(Nc2ccc(Cl)cc2F)c1I. The van der Waals surface area contributed by atoms with E-state index in [0.717, 1.165) is 0 Å². The number of nitrogens with zero attached hydrogens (tertiary/aromatic N) is 1. The maximum atomic E-state index is 13.5. The molecule has 0 bridgehead atoms. The summed E-state index contributed by atoms with van der Waals surface area (Å²) in [6, 6.07) is 4.22. The van der Waals surface area contributed by atoms with Crippen molar-refractivity contribution in [2.45, 2.75) is 0 Å². The average Bonchev–Trinajstić information content (AvgIpc) is 2.28. The third kappa shape index (κ3) is 2.75. The fraction of sp³-hybridized carbons (Fsp3) is 0. The number of H-pyrrole nitrogens is 1. The van der Waals surface area contributed by atoms with Crippen molar-refractivity contribution in [3.05, 3.63) is 49.3 Å². The minimum Gasteiger partial charge on any atom is -0.337 e. The van der Waals surface area contributed by atoms with Gasteiger partial charge in [0.15, 0.2) is 5.82 Å². The summed E-state index contributed by atoms with van der Waals surface area (Å²) in [4.78, 5) is 17.7. The molecule has 0 radical (unpaired) electrons. The molecule has 0 aliphatic rings. The van der Waals surface area contributed by atoms with Crippen LogP contribution in [-0.2, 0) is 0 Å². The molecule has 0 unspecified atom stereocenters. The Hall–Kier alpha value is -1.15. The first-order chi connectivity index (χ1) is 8.08. The number of rotatable bonds is 2. The van der Waals surface area contributed by atoms with Gasteiger partial charge in [-0.25, -0.2) is 9.37 Å². The van der Waals surface area contributed by atoms with Crippen molar-refractivity contribution in [2.24, 2.45) is 0 Å². The second-order valence-electron chi connectivity index (χ2n) is 3.14. The quantitative estimate of drug-likeness (QED) is 0.805. The summed E-state index contributed by atoms with van der Waals surface area (Å²) in [5.41, 5.74) is -0.0668. The highest BCUT2D eigenvalue weighted by Gasteiger charge is 2.08. The highest BCUT2D eigenvalue weighted by Crippen LogP contribution is 2.22. The van der Waals surface area contributed by atoms with Crippen molar-refractivity contribution >= 4 is 45.7 Å². The first kappa shape index (κ1) is 12.3. The maximum absolute atomic E-state index is 13.5. The molecule has 4 nitrogen and oxygen atoms in total. The Morgan fingerprint density at radius 2 is 2.24 bits per heavy atom. The van der Waals surface area contributed by atoms with E-state index in [-0.39, 0.29) is 11.2 Å². The van der Waals surface area contributed by atoms with Crippen molar-refractivity contribution in [3.63, 3.8) is 0 Å². The van der Waals surface area contributed by atoms with E-state index in [1.165, 1.54) is 18.5 Å². The van der Waals surface area contributed by atoms with Crippen LogP contribution in [0, 0.1) is 9.39 Å². The van der Waals surface area contributed by atoms with E-state index in [1.54, 1.807) is 6.07 Å². The predicted molar refractivity (Wildman–Crippen MR) is 72.3 cm³/mol. The smallest absolute Gasteiger partial charge is 0.266 e. The van der Waals surface area contributed by atoms with Gasteiger partial charge in [0.25, 0.3) is 5.56 Å². The second-order valence-corrected chi connectivity index (χ2v) is 4.66. The monoisotopic (exact) mass is 365 g/mol. The predicted octanol–water partition coefficient (Wildman–Crippen LogP) is 2.91. The van der Waals surface area contributed by atoms with Gasteiger partial charge in [0.05, 0.1) is 12.0 Å². The Morgan fingerprint density at radius 3 is 2.94 bits per heavy atom. The van der Waals surface area contributed by atoms with Crippen LogP contribution in [0.4, 0.5) is 15.9 Å². The maximum Gasteiger partial charge on any atom is 0.266 e. The Balaban J connectivity index is 2.38. The molecular weight excluding hydrogens is 359 g/mol. The zero-order chi connectivity index (χ0) is 12.4. The van der Waals surface area contributed by atoms with Gasteiger partial charge >= 0.3 is 0 Å². The summed E-state index contributed by atoms with van der Waals surface area (Å²) in [6.45, 7) is 0. The number of hydrogen-bond donors (Lipinski definition) is 2. The van der Waals surface area contributed by atoms with Crippen LogP contribution in [0.25, 0.3) is 0 Å². The molecular formula is C10H6ClFIN3O. The number of aromatic nitrogens is 2. The Morgan fingerprint density at radius 1 is 1.47 bits per heavy atom. The fourth-order valence-corrected chi connectivity index (χ4v) is 1.78. The van der Waals surface area contributed by atoms with Gasteiger partial charge in [0.2, 0.25) is 0 Å². The van der Waals surface area contributed by atoms with Crippen molar-refractivity contribution in [1.29, 1.82) is 0 Å². The Labute approximate surface area is 114 Å². The highest BCUT2D eigenvalue weighted by atomic mass is 127. The van der Waals surface area contributed by atoms with Gasteiger partial charge in [0, 0.05) is 5.02 Å². The van der Waals surface area contributed by atoms with Gasteiger partial charge in [-0.3, -0.25) is 4.79 Å². The van der Waals surface area contributed by atoms with Crippen LogP contribution in [0.2, 0.25) is 5.02 Å². The summed E-state index contributed by atoms with van der Waals surface area (Å²) in [5.74, 6) is -0.203. The third-order valence-corrected chi connectivity index (χ3v) is 3.22. The Kier molecular flexibility index (Phi) is 3.63. The van der Waals surface area contributed by atoms with Crippen LogP contribution in [-0.4, -0.2) is 9.97 Å². The molecule has 0 aliphatic heterocycles. The second kappa shape index (κ2) is 5.01. The van der Waals surface area contributed by atoms with Crippen LogP contribution in [0.3, 0.4) is 0 Å². The van der Waals surface area contributed by atoms with E-state index in [1.807, 2.05) is 22.6 Å².